The van der Waals surface area contributed by atoms with E-state index in [4.69, 9.17) is 4.74 Å². The Morgan fingerprint density at radius 1 is 1.11 bits per heavy atom. The van der Waals surface area contributed by atoms with Gasteiger partial charge in [0.15, 0.2) is 0 Å². The summed E-state index contributed by atoms with van der Waals surface area (Å²) in [5.74, 6) is -0.853. The first kappa shape index (κ1) is 14.2. The van der Waals surface area contributed by atoms with Gasteiger partial charge < -0.3 is 9.47 Å². The van der Waals surface area contributed by atoms with Gasteiger partial charge in [-0.05, 0) is 18.6 Å². The van der Waals surface area contributed by atoms with E-state index in [0.717, 1.165) is 12.1 Å². The summed E-state index contributed by atoms with van der Waals surface area (Å²) in [6.07, 6.45) is 1.16. The number of esters is 2. The fraction of sp³-hybridized carbons (Fsp3) is 0.462. The first-order valence-corrected chi connectivity index (χ1v) is 5.91. The molecule has 0 amide bonds. The van der Waals surface area contributed by atoms with E-state index in [0.29, 0.717) is 5.69 Å². The van der Waals surface area contributed by atoms with E-state index in [-0.39, 0.29) is 19.6 Å². The lowest BCUT2D eigenvalue weighted by atomic mass is 10.2. The van der Waals surface area contributed by atoms with Crippen molar-refractivity contribution in [3.8, 4) is 0 Å². The minimum atomic E-state index is -0.459. The van der Waals surface area contributed by atoms with Crippen LogP contribution in [-0.4, -0.2) is 23.7 Å². The van der Waals surface area contributed by atoms with Crippen molar-refractivity contribution < 1.29 is 19.1 Å². The summed E-state index contributed by atoms with van der Waals surface area (Å²) in [5, 5.41) is 0. The second-order valence-electron chi connectivity index (χ2n) is 3.65. The van der Waals surface area contributed by atoms with Crippen LogP contribution in [0.25, 0.3) is 0 Å². The second kappa shape index (κ2) is 7.42. The number of pyridine rings is 1. The Balaban J connectivity index is 2.37. The molecule has 1 aromatic rings. The molecule has 5 heteroatoms. The SMILES string of the molecule is CCC(=O)OCOC(=O)Cc1cccc(CC)n1. The lowest BCUT2D eigenvalue weighted by Gasteiger charge is -2.05. The molecule has 0 atom stereocenters. The monoisotopic (exact) mass is 251 g/mol. The van der Waals surface area contributed by atoms with Gasteiger partial charge in [-0.3, -0.25) is 14.6 Å². The summed E-state index contributed by atoms with van der Waals surface area (Å²) in [7, 11) is 0. The van der Waals surface area contributed by atoms with E-state index in [1.54, 1.807) is 13.0 Å². The van der Waals surface area contributed by atoms with Crippen LogP contribution in [-0.2, 0) is 31.9 Å². The third kappa shape index (κ3) is 4.95. The van der Waals surface area contributed by atoms with E-state index < -0.39 is 11.9 Å². The third-order valence-electron chi connectivity index (χ3n) is 2.28. The zero-order valence-corrected chi connectivity index (χ0v) is 10.6. The standard InChI is InChI=1S/C13H17NO4/c1-3-10-6-5-7-11(14-10)8-13(16)18-9-17-12(15)4-2/h5-7H,3-4,8-9H2,1-2H3. The predicted octanol–water partition coefficient (Wildman–Crippen LogP) is 1.64. The zero-order valence-electron chi connectivity index (χ0n) is 10.6. The van der Waals surface area contributed by atoms with Crippen molar-refractivity contribution >= 4 is 11.9 Å². The number of carbonyl (C=O) groups is 2. The highest BCUT2D eigenvalue weighted by atomic mass is 16.7. The molecule has 0 saturated heterocycles. The highest BCUT2D eigenvalue weighted by Crippen LogP contribution is 2.02. The maximum atomic E-state index is 11.4. The van der Waals surface area contributed by atoms with Crippen molar-refractivity contribution in [3.63, 3.8) is 0 Å². The number of rotatable bonds is 6. The first-order chi connectivity index (χ1) is 8.65. The van der Waals surface area contributed by atoms with Crippen molar-refractivity contribution in [2.45, 2.75) is 33.1 Å². The number of aryl methyl sites for hydroxylation is 1. The molecule has 1 heterocycles. The summed E-state index contributed by atoms with van der Waals surface area (Å²) in [5.41, 5.74) is 1.58. The molecule has 0 unspecified atom stereocenters. The van der Waals surface area contributed by atoms with Crippen LogP contribution in [0.15, 0.2) is 18.2 Å². The molecule has 18 heavy (non-hydrogen) atoms. The Bertz CT molecular complexity index is 417. The van der Waals surface area contributed by atoms with Crippen molar-refractivity contribution in [3.05, 3.63) is 29.6 Å². The largest absolute Gasteiger partial charge is 0.428 e. The maximum absolute atomic E-state index is 11.4. The second-order valence-corrected chi connectivity index (χ2v) is 3.65. The van der Waals surface area contributed by atoms with E-state index in [1.807, 2.05) is 19.1 Å². The smallest absolute Gasteiger partial charge is 0.314 e. The molecule has 0 aliphatic heterocycles. The zero-order chi connectivity index (χ0) is 13.4. The van der Waals surface area contributed by atoms with Gasteiger partial charge in [-0.15, -0.1) is 0 Å². The van der Waals surface area contributed by atoms with Crippen molar-refractivity contribution in [1.29, 1.82) is 0 Å². The molecule has 0 aromatic carbocycles. The maximum Gasteiger partial charge on any atom is 0.314 e. The Morgan fingerprint density at radius 3 is 2.44 bits per heavy atom. The van der Waals surface area contributed by atoms with E-state index in [9.17, 15) is 9.59 Å². The Morgan fingerprint density at radius 2 is 1.78 bits per heavy atom. The van der Waals surface area contributed by atoms with E-state index in [1.165, 1.54) is 0 Å². The molecule has 0 aliphatic carbocycles. The minimum Gasteiger partial charge on any atom is -0.428 e. The number of hydrogen-bond acceptors (Lipinski definition) is 5. The Kier molecular flexibility index (Phi) is 5.84. The van der Waals surface area contributed by atoms with Gasteiger partial charge in [-0.25, -0.2) is 0 Å². The van der Waals surface area contributed by atoms with Crippen LogP contribution in [0.2, 0.25) is 0 Å². The molecule has 0 bridgehead atoms. The van der Waals surface area contributed by atoms with E-state index in [2.05, 4.69) is 9.72 Å². The minimum absolute atomic E-state index is 0.0809. The number of ether oxygens (including phenoxy) is 2. The molecule has 5 nitrogen and oxygen atoms in total. The van der Waals surface area contributed by atoms with Crippen LogP contribution in [0.4, 0.5) is 0 Å². The Hall–Kier alpha value is -1.91. The van der Waals surface area contributed by atoms with Crippen molar-refractivity contribution in [1.82, 2.24) is 4.98 Å². The summed E-state index contributed by atoms with van der Waals surface area (Å²) >= 11 is 0. The molecule has 0 radical (unpaired) electrons. The van der Waals surface area contributed by atoms with Gasteiger partial charge in [0, 0.05) is 12.1 Å². The lowest BCUT2D eigenvalue weighted by molar-refractivity contribution is -0.166. The topological polar surface area (TPSA) is 65.5 Å². The molecule has 0 N–H and O–H groups in total. The van der Waals surface area contributed by atoms with E-state index >= 15 is 0 Å². The molecule has 0 aliphatic rings. The normalized spacial score (nSPS) is 9.89. The predicted molar refractivity (Wildman–Crippen MR) is 64.7 cm³/mol. The van der Waals surface area contributed by atoms with Crippen LogP contribution in [0.1, 0.15) is 31.7 Å². The number of nitrogens with zero attached hydrogens (tertiary/aromatic N) is 1. The molecule has 98 valence electrons. The lowest BCUT2D eigenvalue weighted by Crippen LogP contribution is -2.14. The van der Waals surface area contributed by atoms with Gasteiger partial charge in [0.1, 0.15) is 0 Å². The molecule has 0 fully saturated rings. The molecule has 0 saturated carbocycles. The highest BCUT2D eigenvalue weighted by Gasteiger charge is 2.07. The fourth-order valence-corrected chi connectivity index (χ4v) is 1.29. The summed E-state index contributed by atoms with van der Waals surface area (Å²) < 4.78 is 9.41. The van der Waals surface area contributed by atoms with Crippen LogP contribution in [0.3, 0.4) is 0 Å². The summed E-state index contributed by atoms with van der Waals surface area (Å²) in [6, 6.07) is 5.52. The summed E-state index contributed by atoms with van der Waals surface area (Å²) in [6.45, 7) is 3.33. The Labute approximate surface area is 106 Å². The number of hydrogen-bond donors (Lipinski definition) is 0. The molecular weight excluding hydrogens is 234 g/mol. The molecule has 1 rings (SSSR count). The summed E-state index contributed by atoms with van der Waals surface area (Å²) in [4.78, 5) is 26.5. The average Bonchev–Trinajstić information content (AvgIpc) is 2.38. The highest BCUT2D eigenvalue weighted by molar-refractivity contribution is 5.72. The van der Waals surface area contributed by atoms with Crippen LogP contribution < -0.4 is 0 Å². The first-order valence-electron chi connectivity index (χ1n) is 5.91. The fourth-order valence-electron chi connectivity index (χ4n) is 1.29. The van der Waals surface area contributed by atoms with Gasteiger partial charge in [0.05, 0.1) is 12.1 Å². The van der Waals surface area contributed by atoms with Crippen molar-refractivity contribution in [2.75, 3.05) is 6.79 Å². The molecular formula is C13H17NO4. The average molecular weight is 251 g/mol. The van der Waals surface area contributed by atoms with Gasteiger partial charge in [-0.2, -0.15) is 0 Å². The van der Waals surface area contributed by atoms with Gasteiger partial charge >= 0.3 is 11.9 Å². The third-order valence-corrected chi connectivity index (χ3v) is 2.28. The van der Waals surface area contributed by atoms with Gasteiger partial charge in [0.2, 0.25) is 6.79 Å². The van der Waals surface area contributed by atoms with Crippen LogP contribution in [0, 0.1) is 0 Å². The van der Waals surface area contributed by atoms with Crippen LogP contribution >= 0.6 is 0 Å². The quantitative estimate of drug-likeness (QED) is 0.568. The number of carbonyl (C=O) groups excluding carboxylic acids is 2. The number of aromatic nitrogens is 1. The van der Waals surface area contributed by atoms with Gasteiger partial charge in [-0.1, -0.05) is 19.9 Å². The van der Waals surface area contributed by atoms with Crippen LogP contribution in [0.5, 0.6) is 0 Å². The molecule has 1 aromatic heterocycles. The van der Waals surface area contributed by atoms with Gasteiger partial charge in [0.25, 0.3) is 0 Å². The molecule has 0 spiro atoms. The van der Waals surface area contributed by atoms with Crippen molar-refractivity contribution in [2.24, 2.45) is 0 Å².